The van der Waals surface area contributed by atoms with Gasteiger partial charge >= 0.3 is 0 Å². The summed E-state index contributed by atoms with van der Waals surface area (Å²) in [7, 11) is 1.81. The number of hydrogen-bond donors (Lipinski definition) is 1. The number of hydrogen-bond acceptors (Lipinski definition) is 4. The number of nitrogens with zero attached hydrogens (tertiary/aromatic N) is 1. The minimum atomic E-state index is 0.147. The highest BCUT2D eigenvalue weighted by Crippen LogP contribution is 2.37. The molecule has 0 amide bonds. The summed E-state index contributed by atoms with van der Waals surface area (Å²) in [6, 6.07) is 0. The van der Waals surface area contributed by atoms with Gasteiger partial charge < -0.3 is 0 Å². The van der Waals surface area contributed by atoms with Crippen molar-refractivity contribution < 1.29 is 4.79 Å². The third-order valence-corrected chi connectivity index (χ3v) is 4.34. The second-order valence-electron chi connectivity index (χ2n) is 3.67. The number of thiol groups is 1. The van der Waals surface area contributed by atoms with Gasteiger partial charge in [0.2, 0.25) is 0 Å². The maximum atomic E-state index is 11.5. The van der Waals surface area contributed by atoms with Crippen molar-refractivity contribution in [3.05, 3.63) is 16.0 Å². The van der Waals surface area contributed by atoms with Crippen LogP contribution in [-0.4, -0.2) is 18.5 Å². The number of aliphatic imine (C=N–C) groups is 1. The van der Waals surface area contributed by atoms with Crippen molar-refractivity contribution in [1.29, 1.82) is 0 Å². The van der Waals surface area contributed by atoms with Gasteiger partial charge in [-0.25, -0.2) is 0 Å². The minimum absolute atomic E-state index is 0.147. The van der Waals surface area contributed by atoms with Gasteiger partial charge in [0.25, 0.3) is 0 Å². The molecule has 80 valence electrons. The molecule has 0 spiro atoms. The average molecular weight is 239 g/mol. The van der Waals surface area contributed by atoms with Gasteiger partial charge in [0.15, 0.2) is 5.78 Å². The smallest absolute Gasteiger partial charge is 0.170 e. The Morgan fingerprint density at radius 3 is 2.80 bits per heavy atom. The number of rotatable bonds is 1. The predicted molar refractivity (Wildman–Crippen MR) is 67.0 cm³/mol. The van der Waals surface area contributed by atoms with E-state index >= 15 is 0 Å². The van der Waals surface area contributed by atoms with Crippen molar-refractivity contribution in [1.82, 2.24) is 0 Å². The van der Waals surface area contributed by atoms with E-state index in [0.717, 1.165) is 39.6 Å². The second-order valence-corrected chi connectivity index (χ2v) is 5.44. The fraction of sp³-hybridized carbons (Fsp3) is 0.455. The summed E-state index contributed by atoms with van der Waals surface area (Å²) in [6.07, 6.45) is 3.08. The van der Waals surface area contributed by atoms with E-state index in [1.807, 2.05) is 7.05 Å². The molecule has 1 aliphatic rings. The lowest BCUT2D eigenvalue weighted by atomic mass is 9.91. The molecule has 2 nitrogen and oxygen atoms in total. The lowest BCUT2D eigenvalue weighted by Gasteiger charge is -2.15. The highest BCUT2D eigenvalue weighted by molar-refractivity contribution is 7.83. The Bertz CT molecular complexity index is 446. The molecular weight excluding hydrogens is 226 g/mol. The van der Waals surface area contributed by atoms with Crippen LogP contribution in [0.1, 0.15) is 40.6 Å². The minimum Gasteiger partial charge on any atom is -0.294 e. The molecule has 0 aliphatic heterocycles. The third kappa shape index (κ3) is 1.76. The normalized spacial score (nSPS) is 17.9. The lowest BCUT2D eigenvalue weighted by Crippen LogP contribution is -2.12. The predicted octanol–water partition coefficient (Wildman–Crippen LogP) is 2.99. The molecule has 15 heavy (non-hydrogen) atoms. The Morgan fingerprint density at radius 1 is 1.47 bits per heavy atom. The molecule has 0 saturated heterocycles. The Morgan fingerprint density at radius 2 is 2.20 bits per heavy atom. The van der Waals surface area contributed by atoms with Crippen molar-refractivity contribution >= 4 is 35.5 Å². The molecule has 1 aliphatic carbocycles. The van der Waals surface area contributed by atoms with E-state index in [4.69, 9.17) is 0 Å². The van der Waals surface area contributed by atoms with Crippen LogP contribution in [0.5, 0.6) is 0 Å². The van der Waals surface area contributed by atoms with Crippen LogP contribution in [0.3, 0.4) is 0 Å². The van der Waals surface area contributed by atoms with Gasteiger partial charge in [-0.15, -0.1) is 24.0 Å². The van der Waals surface area contributed by atoms with E-state index in [-0.39, 0.29) is 5.78 Å². The van der Waals surface area contributed by atoms with E-state index in [1.165, 1.54) is 16.9 Å². The Labute approximate surface area is 98.8 Å². The molecule has 0 unspecified atom stereocenters. The second kappa shape index (κ2) is 4.10. The number of carbonyl (C=O) groups is 1. The fourth-order valence-electron chi connectivity index (χ4n) is 2.05. The zero-order valence-electron chi connectivity index (χ0n) is 8.83. The van der Waals surface area contributed by atoms with Gasteiger partial charge in [-0.1, -0.05) is 0 Å². The molecule has 0 aromatic carbocycles. The van der Waals surface area contributed by atoms with Crippen LogP contribution >= 0.6 is 24.0 Å². The summed E-state index contributed by atoms with van der Waals surface area (Å²) >= 11 is 5.94. The quantitative estimate of drug-likeness (QED) is 0.592. The van der Waals surface area contributed by atoms with Gasteiger partial charge in [-0.05, 0) is 31.7 Å². The molecule has 0 bridgehead atoms. The van der Waals surface area contributed by atoms with Gasteiger partial charge in [0, 0.05) is 18.3 Å². The molecule has 0 saturated carbocycles. The number of ketones is 1. The molecule has 4 heteroatoms. The van der Waals surface area contributed by atoms with Crippen LogP contribution in [0.2, 0.25) is 0 Å². The summed E-state index contributed by atoms with van der Waals surface area (Å²) in [6.45, 7) is 1.62. The summed E-state index contributed by atoms with van der Waals surface area (Å²) in [4.78, 5) is 16.6. The maximum Gasteiger partial charge on any atom is 0.170 e. The Balaban J connectivity index is 2.63. The van der Waals surface area contributed by atoms with Crippen LogP contribution in [0.15, 0.2) is 9.20 Å². The first-order chi connectivity index (χ1) is 7.15. The summed E-state index contributed by atoms with van der Waals surface area (Å²) < 4.78 is 0.940. The van der Waals surface area contributed by atoms with E-state index in [9.17, 15) is 4.79 Å². The topological polar surface area (TPSA) is 29.4 Å². The monoisotopic (exact) mass is 239 g/mol. The first kappa shape index (κ1) is 10.9. The van der Waals surface area contributed by atoms with Crippen LogP contribution in [0.4, 0.5) is 0 Å². The summed E-state index contributed by atoms with van der Waals surface area (Å²) in [5.41, 5.74) is 3.40. The largest absolute Gasteiger partial charge is 0.294 e. The zero-order chi connectivity index (χ0) is 11.0. The molecule has 2 rings (SSSR count). The Kier molecular flexibility index (Phi) is 2.98. The van der Waals surface area contributed by atoms with Crippen molar-refractivity contribution in [3.63, 3.8) is 0 Å². The van der Waals surface area contributed by atoms with Gasteiger partial charge in [-0.3, -0.25) is 9.79 Å². The van der Waals surface area contributed by atoms with E-state index < -0.39 is 0 Å². The highest BCUT2D eigenvalue weighted by Gasteiger charge is 2.25. The zero-order valence-corrected chi connectivity index (χ0v) is 10.5. The molecule has 0 fully saturated rings. The summed E-state index contributed by atoms with van der Waals surface area (Å²) in [5.74, 6) is 0.147. The first-order valence-electron chi connectivity index (χ1n) is 4.96. The van der Waals surface area contributed by atoms with Crippen molar-refractivity contribution in [2.45, 2.75) is 30.4 Å². The third-order valence-electron chi connectivity index (χ3n) is 2.71. The van der Waals surface area contributed by atoms with Crippen molar-refractivity contribution in [2.75, 3.05) is 7.05 Å². The first-order valence-corrected chi connectivity index (χ1v) is 6.23. The molecule has 0 atom stereocenters. The van der Waals surface area contributed by atoms with Crippen LogP contribution in [0, 0.1) is 0 Å². The number of fused-ring (bicyclic) bond motifs is 1. The van der Waals surface area contributed by atoms with E-state index in [0.29, 0.717) is 0 Å². The maximum absolute atomic E-state index is 11.5. The standard InChI is InChI=1S/C11H13NOS2/c1-6(13)10-7-4-3-5-8(12-2)9(7)11(14)15-10/h14H,3-5H2,1-2H3. The number of carbonyl (C=O) groups excluding carboxylic acids is 1. The van der Waals surface area contributed by atoms with E-state index in [2.05, 4.69) is 17.6 Å². The van der Waals surface area contributed by atoms with Gasteiger partial charge in [-0.2, -0.15) is 0 Å². The molecule has 1 aromatic rings. The molecular formula is C11H13NOS2. The lowest BCUT2D eigenvalue weighted by molar-refractivity contribution is 0.102. The SMILES string of the molecule is CN=C1CCCc2c(C(C)=O)sc(S)c21. The summed E-state index contributed by atoms with van der Waals surface area (Å²) in [5, 5.41) is 0. The number of Topliss-reactive ketones (excluding diaryl/α,β-unsaturated/α-hetero) is 1. The van der Waals surface area contributed by atoms with Gasteiger partial charge in [0.05, 0.1) is 9.09 Å². The van der Waals surface area contributed by atoms with Crippen LogP contribution in [-0.2, 0) is 6.42 Å². The molecule has 1 aromatic heterocycles. The molecule has 0 radical (unpaired) electrons. The van der Waals surface area contributed by atoms with Crippen molar-refractivity contribution in [3.8, 4) is 0 Å². The van der Waals surface area contributed by atoms with Crippen LogP contribution < -0.4 is 0 Å². The molecule has 1 heterocycles. The molecule has 0 N–H and O–H groups in total. The van der Waals surface area contributed by atoms with E-state index in [1.54, 1.807) is 6.92 Å². The highest BCUT2D eigenvalue weighted by atomic mass is 32.2. The average Bonchev–Trinajstić information content (AvgIpc) is 2.56. The van der Waals surface area contributed by atoms with Crippen molar-refractivity contribution in [2.24, 2.45) is 4.99 Å². The van der Waals surface area contributed by atoms with Gasteiger partial charge in [0.1, 0.15) is 0 Å². The van der Waals surface area contributed by atoms with Crippen LogP contribution in [0.25, 0.3) is 0 Å². The number of thiophene rings is 1. The Hall–Kier alpha value is -0.610. The fourth-order valence-corrected chi connectivity index (χ4v) is 3.60.